The first-order valence-corrected chi connectivity index (χ1v) is 5.42. The molecule has 16 heavy (non-hydrogen) atoms. The SMILES string of the molecule is CC(CCO)NCC(O)c1ccccc1F. The number of rotatable bonds is 6. The molecule has 4 heteroatoms. The minimum absolute atomic E-state index is 0.101. The molecule has 90 valence electrons. The maximum Gasteiger partial charge on any atom is 0.129 e. The molecule has 3 N–H and O–H groups in total. The van der Waals surface area contributed by atoms with Gasteiger partial charge in [-0.3, -0.25) is 0 Å². The van der Waals surface area contributed by atoms with E-state index in [2.05, 4.69) is 5.32 Å². The number of aliphatic hydroxyl groups excluding tert-OH is 2. The lowest BCUT2D eigenvalue weighted by molar-refractivity contribution is 0.162. The predicted molar refractivity (Wildman–Crippen MR) is 60.5 cm³/mol. The average Bonchev–Trinajstić information content (AvgIpc) is 2.27. The van der Waals surface area contributed by atoms with Crippen LogP contribution in [0, 0.1) is 5.82 Å². The normalized spacial score (nSPS) is 14.8. The molecule has 0 aliphatic rings. The number of aliphatic hydroxyl groups is 2. The molecule has 1 aromatic carbocycles. The lowest BCUT2D eigenvalue weighted by Gasteiger charge is -2.16. The second kappa shape index (κ2) is 6.58. The van der Waals surface area contributed by atoms with Crippen molar-refractivity contribution in [3.05, 3.63) is 35.6 Å². The van der Waals surface area contributed by atoms with Gasteiger partial charge in [0.25, 0.3) is 0 Å². The molecule has 0 saturated carbocycles. The van der Waals surface area contributed by atoms with Crippen molar-refractivity contribution in [2.75, 3.05) is 13.2 Å². The first-order valence-electron chi connectivity index (χ1n) is 5.42. The van der Waals surface area contributed by atoms with Crippen LogP contribution in [0.25, 0.3) is 0 Å². The average molecular weight is 227 g/mol. The van der Waals surface area contributed by atoms with Gasteiger partial charge in [-0.1, -0.05) is 18.2 Å². The molecule has 0 aliphatic carbocycles. The molecular weight excluding hydrogens is 209 g/mol. The first-order chi connectivity index (χ1) is 7.65. The minimum atomic E-state index is -0.859. The van der Waals surface area contributed by atoms with Gasteiger partial charge in [0.05, 0.1) is 6.10 Å². The maximum absolute atomic E-state index is 13.3. The minimum Gasteiger partial charge on any atom is -0.396 e. The first kappa shape index (κ1) is 13.1. The number of nitrogens with one attached hydrogen (secondary N) is 1. The quantitative estimate of drug-likeness (QED) is 0.685. The molecule has 0 fully saturated rings. The third kappa shape index (κ3) is 3.89. The molecule has 2 atom stereocenters. The Bertz CT molecular complexity index is 320. The zero-order chi connectivity index (χ0) is 12.0. The molecule has 2 unspecified atom stereocenters. The van der Waals surface area contributed by atoms with E-state index < -0.39 is 11.9 Å². The molecule has 0 bridgehead atoms. The lowest BCUT2D eigenvalue weighted by atomic mass is 10.1. The highest BCUT2D eigenvalue weighted by Gasteiger charge is 2.12. The number of halogens is 1. The zero-order valence-electron chi connectivity index (χ0n) is 9.36. The summed E-state index contributed by atoms with van der Waals surface area (Å²) in [6, 6.07) is 6.28. The van der Waals surface area contributed by atoms with Crippen LogP contribution in [-0.4, -0.2) is 29.4 Å². The number of benzene rings is 1. The second-order valence-corrected chi connectivity index (χ2v) is 3.86. The molecule has 3 nitrogen and oxygen atoms in total. The van der Waals surface area contributed by atoms with E-state index in [0.717, 1.165) is 0 Å². The van der Waals surface area contributed by atoms with Gasteiger partial charge in [0.2, 0.25) is 0 Å². The zero-order valence-corrected chi connectivity index (χ0v) is 9.36. The Morgan fingerprint density at radius 2 is 2.06 bits per heavy atom. The molecule has 0 spiro atoms. The highest BCUT2D eigenvalue weighted by Crippen LogP contribution is 2.15. The standard InChI is InChI=1S/C12H18FNO2/c1-9(6-7-15)14-8-12(16)10-4-2-3-5-11(10)13/h2-5,9,12,14-16H,6-8H2,1H3. The van der Waals surface area contributed by atoms with Gasteiger partial charge in [-0.05, 0) is 19.4 Å². The Morgan fingerprint density at radius 1 is 1.38 bits per heavy atom. The summed E-state index contributed by atoms with van der Waals surface area (Å²) in [4.78, 5) is 0. The number of hydrogen-bond acceptors (Lipinski definition) is 3. The molecule has 0 radical (unpaired) electrons. The van der Waals surface area contributed by atoms with Crippen molar-refractivity contribution in [1.82, 2.24) is 5.32 Å². The topological polar surface area (TPSA) is 52.5 Å². The van der Waals surface area contributed by atoms with Gasteiger partial charge in [-0.15, -0.1) is 0 Å². The highest BCUT2D eigenvalue weighted by molar-refractivity contribution is 5.19. The van der Waals surface area contributed by atoms with Gasteiger partial charge >= 0.3 is 0 Å². The Balaban J connectivity index is 2.46. The molecule has 0 heterocycles. The van der Waals surface area contributed by atoms with Gasteiger partial charge in [0.1, 0.15) is 5.82 Å². The fourth-order valence-corrected chi connectivity index (χ4v) is 1.46. The summed E-state index contributed by atoms with van der Waals surface area (Å²) in [6.45, 7) is 2.29. The van der Waals surface area contributed by atoms with E-state index >= 15 is 0 Å². The number of hydrogen-bond donors (Lipinski definition) is 3. The highest BCUT2D eigenvalue weighted by atomic mass is 19.1. The Kier molecular flexibility index (Phi) is 5.38. The molecular formula is C12H18FNO2. The van der Waals surface area contributed by atoms with Crippen LogP contribution >= 0.6 is 0 Å². The maximum atomic E-state index is 13.3. The summed E-state index contributed by atoms with van der Waals surface area (Å²) in [7, 11) is 0. The van der Waals surface area contributed by atoms with Crippen molar-refractivity contribution in [3.8, 4) is 0 Å². The van der Waals surface area contributed by atoms with Crippen molar-refractivity contribution >= 4 is 0 Å². The van der Waals surface area contributed by atoms with E-state index in [1.807, 2.05) is 6.92 Å². The van der Waals surface area contributed by atoms with Crippen LogP contribution in [0.1, 0.15) is 25.0 Å². The summed E-state index contributed by atoms with van der Waals surface area (Å²) >= 11 is 0. The van der Waals surface area contributed by atoms with Crippen molar-refractivity contribution in [3.63, 3.8) is 0 Å². The van der Waals surface area contributed by atoms with Crippen LogP contribution in [0.4, 0.5) is 4.39 Å². The third-order valence-electron chi connectivity index (χ3n) is 2.49. The van der Waals surface area contributed by atoms with Gasteiger partial charge in [-0.25, -0.2) is 4.39 Å². The van der Waals surface area contributed by atoms with Gasteiger partial charge in [0.15, 0.2) is 0 Å². The van der Waals surface area contributed by atoms with E-state index in [1.165, 1.54) is 6.07 Å². The van der Waals surface area contributed by atoms with Crippen molar-refractivity contribution in [2.45, 2.75) is 25.5 Å². The van der Waals surface area contributed by atoms with Gasteiger partial charge < -0.3 is 15.5 Å². The van der Waals surface area contributed by atoms with Gasteiger partial charge in [0, 0.05) is 24.8 Å². The van der Waals surface area contributed by atoms with Gasteiger partial charge in [-0.2, -0.15) is 0 Å². The van der Waals surface area contributed by atoms with E-state index in [4.69, 9.17) is 5.11 Å². The van der Waals surface area contributed by atoms with E-state index in [9.17, 15) is 9.50 Å². The molecule has 0 aliphatic heterocycles. The molecule has 0 amide bonds. The van der Waals surface area contributed by atoms with Crippen molar-refractivity contribution < 1.29 is 14.6 Å². The summed E-state index contributed by atoms with van der Waals surface area (Å²) < 4.78 is 13.3. The lowest BCUT2D eigenvalue weighted by Crippen LogP contribution is -2.31. The fraction of sp³-hybridized carbons (Fsp3) is 0.500. The van der Waals surface area contributed by atoms with Crippen LogP contribution in [0.3, 0.4) is 0 Å². The summed E-state index contributed by atoms with van der Waals surface area (Å²) in [5, 5.41) is 21.5. The Morgan fingerprint density at radius 3 is 2.69 bits per heavy atom. The molecule has 0 aromatic heterocycles. The van der Waals surface area contributed by atoms with Crippen LogP contribution in [0.2, 0.25) is 0 Å². The van der Waals surface area contributed by atoms with Crippen LogP contribution in [-0.2, 0) is 0 Å². The third-order valence-corrected chi connectivity index (χ3v) is 2.49. The van der Waals surface area contributed by atoms with Crippen molar-refractivity contribution in [1.29, 1.82) is 0 Å². The summed E-state index contributed by atoms with van der Waals surface area (Å²) in [5.74, 6) is -0.397. The van der Waals surface area contributed by atoms with E-state index in [1.54, 1.807) is 18.2 Å². The Hall–Kier alpha value is -0.970. The predicted octanol–water partition coefficient (Wildman–Crippen LogP) is 1.22. The monoisotopic (exact) mass is 227 g/mol. The molecule has 0 saturated heterocycles. The second-order valence-electron chi connectivity index (χ2n) is 3.86. The van der Waals surface area contributed by atoms with Crippen LogP contribution in [0.15, 0.2) is 24.3 Å². The van der Waals surface area contributed by atoms with Crippen LogP contribution < -0.4 is 5.32 Å². The Labute approximate surface area is 94.9 Å². The van der Waals surface area contributed by atoms with E-state index in [0.29, 0.717) is 12.0 Å². The molecule has 1 rings (SSSR count). The smallest absolute Gasteiger partial charge is 0.129 e. The molecule has 1 aromatic rings. The van der Waals surface area contributed by atoms with E-state index in [-0.39, 0.29) is 19.2 Å². The largest absolute Gasteiger partial charge is 0.396 e. The van der Waals surface area contributed by atoms with Crippen molar-refractivity contribution in [2.24, 2.45) is 0 Å². The fourth-order valence-electron chi connectivity index (χ4n) is 1.46. The van der Waals surface area contributed by atoms with Crippen LogP contribution in [0.5, 0.6) is 0 Å². The summed E-state index contributed by atoms with van der Waals surface area (Å²) in [6.07, 6.45) is -0.244. The summed E-state index contributed by atoms with van der Waals surface area (Å²) in [5.41, 5.74) is 0.297.